The minimum Gasteiger partial charge on any atom is -0.389 e. The lowest BCUT2D eigenvalue weighted by atomic mass is 9.69. The molecule has 154 valence electrons. The first-order valence-corrected chi connectivity index (χ1v) is 13.0. The molecule has 0 spiro atoms. The average molecular weight is 409 g/mol. The summed E-state index contributed by atoms with van der Waals surface area (Å²) in [5, 5.41) is 11.7. The third-order valence-electron chi connectivity index (χ3n) is 9.08. The van der Waals surface area contributed by atoms with Crippen molar-refractivity contribution in [2.75, 3.05) is 0 Å². The molecule has 1 heterocycles. The Morgan fingerprint density at radius 1 is 0.931 bits per heavy atom. The second-order valence-corrected chi connectivity index (χ2v) is 14.3. The number of aliphatic hydroxyl groups is 1. The molecule has 0 aromatic heterocycles. The van der Waals surface area contributed by atoms with Gasteiger partial charge in [0.2, 0.25) is 0 Å². The summed E-state index contributed by atoms with van der Waals surface area (Å²) in [7, 11) is -2.81. The molecule has 2 nitrogen and oxygen atoms in total. The van der Waals surface area contributed by atoms with Crippen LogP contribution in [0.15, 0.2) is 60.7 Å². The molecular formula is C26H33O2P. The fraction of sp³-hybridized carbons (Fsp3) is 0.538. The maximum atomic E-state index is 15.2. The van der Waals surface area contributed by atoms with Gasteiger partial charge in [-0.3, -0.25) is 0 Å². The lowest BCUT2D eigenvalue weighted by Crippen LogP contribution is -2.44. The lowest BCUT2D eigenvalue weighted by Gasteiger charge is -2.42. The van der Waals surface area contributed by atoms with Crippen molar-refractivity contribution in [2.45, 2.75) is 63.1 Å². The Kier molecular flexibility index (Phi) is 4.11. The quantitative estimate of drug-likeness (QED) is 0.589. The minimum absolute atomic E-state index is 0.0813. The Morgan fingerprint density at radius 3 is 2.14 bits per heavy atom. The van der Waals surface area contributed by atoms with Crippen molar-refractivity contribution in [3.05, 3.63) is 71.8 Å². The van der Waals surface area contributed by atoms with Crippen molar-refractivity contribution in [1.29, 1.82) is 0 Å². The van der Waals surface area contributed by atoms with Gasteiger partial charge in [0.05, 0.1) is 11.3 Å². The average Bonchev–Trinajstić information content (AvgIpc) is 3.16. The van der Waals surface area contributed by atoms with Crippen LogP contribution in [0, 0.1) is 23.2 Å². The highest BCUT2D eigenvalue weighted by Gasteiger charge is 2.76. The van der Waals surface area contributed by atoms with Crippen molar-refractivity contribution in [1.82, 2.24) is 0 Å². The molecule has 0 radical (unpaired) electrons. The zero-order chi connectivity index (χ0) is 20.7. The molecule has 2 aliphatic carbocycles. The van der Waals surface area contributed by atoms with Crippen LogP contribution >= 0.6 is 7.14 Å². The summed E-state index contributed by atoms with van der Waals surface area (Å²) in [5.74, 6) is 1.38. The molecule has 2 aromatic carbocycles. The van der Waals surface area contributed by atoms with E-state index < -0.39 is 12.7 Å². The smallest absolute Gasteiger partial charge is 0.108 e. The minimum atomic E-state index is -2.81. The molecule has 5 rings (SSSR count). The number of rotatable bonds is 3. The summed E-state index contributed by atoms with van der Waals surface area (Å²) in [4.78, 5) is 0. The van der Waals surface area contributed by atoms with Gasteiger partial charge in [-0.25, -0.2) is 0 Å². The molecule has 2 aromatic rings. The van der Waals surface area contributed by atoms with Gasteiger partial charge in [-0.15, -0.1) is 0 Å². The van der Waals surface area contributed by atoms with Crippen molar-refractivity contribution in [3.63, 3.8) is 0 Å². The topological polar surface area (TPSA) is 37.3 Å². The van der Waals surface area contributed by atoms with E-state index in [2.05, 4.69) is 45.0 Å². The highest BCUT2D eigenvalue weighted by atomic mass is 31.2. The Labute approximate surface area is 175 Å². The summed E-state index contributed by atoms with van der Waals surface area (Å²) in [5.41, 5.74) is 1.24. The van der Waals surface area contributed by atoms with Gasteiger partial charge in [-0.05, 0) is 48.1 Å². The van der Waals surface area contributed by atoms with Gasteiger partial charge >= 0.3 is 0 Å². The molecular weight excluding hydrogens is 375 g/mol. The van der Waals surface area contributed by atoms with E-state index >= 15 is 4.57 Å². The van der Waals surface area contributed by atoms with E-state index in [1.807, 2.05) is 43.3 Å². The summed E-state index contributed by atoms with van der Waals surface area (Å²) >= 11 is 0. The van der Waals surface area contributed by atoms with E-state index in [-0.39, 0.29) is 16.7 Å². The number of hydrogen-bond donors (Lipinski definition) is 1. The third-order valence-corrected chi connectivity index (χ3v) is 13.8. The van der Waals surface area contributed by atoms with Crippen LogP contribution in [0.4, 0.5) is 0 Å². The highest BCUT2D eigenvalue weighted by molar-refractivity contribution is 7.65. The van der Waals surface area contributed by atoms with Crippen LogP contribution in [0.25, 0.3) is 0 Å². The van der Waals surface area contributed by atoms with Crippen LogP contribution in [-0.2, 0) is 10.7 Å². The second-order valence-electron chi connectivity index (χ2n) is 10.9. The van der Waals surface area contributed by atoms with Gasteiger partial charge in [-0.2, -0.15) is 0 Å². The molecule has 1 saturated heterocycles. The van der Waals surface area contributed by atoms with Gasteiger partial charge in [0.15, 0.2) is 0 Å². The largest absolute Gasteiger partial charge is 0.389 e. The Balaban J connectivity index is 1.68. The standard InChI is InChI=1S/C26H33O2P/c1-24(2)20-15-22-25(3,16-21(20)24)29(28,17-18-11-7-5-8-12-18)23(26(22,4)27)19-13-9-6-10-14-19/h5-14,20-23,27H,15-17H2,1-4H3/t20-,21-,22+,23+,25-,26+,29-/m0/s1. The summed E-state index contributed by atoms with van der Waals surface area (Å²) in [6.07, 6.45) is 2.57. The summed E-state index contributed by atoms with van der Waals surface area (Å²) in [6, 6.07) is 20.5. The first kappa shape index (κ1) is 19.6. The third kappa shape index (κ3) is 2.55. The van der Waals surface area contributed by atoms with Gasteiger partial charge in [0, 0.05) is 17.2 Å². The van der Waals surface area contributed by atoms with Crippen molar-refractivity contribution >= 4 is 7.14 Å². The van der Waals surface area contributed by atoms with Crippen LogP contribution < -0.4 is 0 Å². The van der Waals surface area contributed by atoms with E-state index in [1.54, 1.807) is 0 Å². The molecule has 1 N–H and O–H groups in total. The van der Waals surface area contributed by atoms with E-state index in [4.69, 9.17) is 0 Å². The van der Waals surface area contributed by atoms with E-state index in [0.717, 1.165) is 24.0 Å². The van der Waals surface area contributed by atoms with Crippen molar-refractivity contribution < 1.29 is 9.67 Å². The fourth-order valence-corrected chi connectivity index (χ4v) is 12.3. The predicted octanol–water partition coefficient (Wildman–Crippen LogP) is 6.50. The van der Waals surface area contributed by atoms with Crippen LogP contribution in [0.5, 0.6) is 0 Å². The summed E-state index contributed by atoms with van der Waals surface area (Å²) in [6.45, 7) is 8.95. The van der Waals surface area contributed by atoms with Crippen molar-refractivity contribution in [2.24, 2.45) is 23.2 Å². The molecule has 7 atom stereocenters. The number of benzene rings is 2. The molecule has 0 unspecified atom stereocenters. The van der Waals surface area contributed by atoms with Crippen LogP contribution in [0.2, 0.25) is 0 Å². The van der Waals surface area contributed by atoms with Gasteiger partial charge in [0.25, 0.3) is 0 Å². The number of hydrogen-bond acceptors (Lipinski definition) is 2. The second kappa shape index (κ2) is 6.08. The normalized spacial score (nSPS) is 44.7. The van der Waals surface area contributed by atoms with Gasteiger partial charge in [0.1, 0.15) is 7.14 Å². The van der Waals surface area contributed by atoms with Crippen LogP contribution in [-0.4, -0.2) is 15.9 Å². The molecule has 0 bridgehead atoms. The van der Waals surface area contributed by atoms with E-state index in [1.165, 1.54) is 0 Å². The zero-order valence-electron chi connectivity index (χ0n) is 18.0. The highest BCUT2D eigenvalue weighted by Crippen LogP contribution is 2.87. The Bertz CT molecular complexity index is 965. The molecule has 3 fully saturated rings. The predicted molar refractivity (Wildman–Crippen MR) is 119 cm³/mol. The first-order valence-electron chi connectivity index (χ1n) is 11.0. The molecule has 3 aliphatic rings. The lowest BCUT2D eigenvalue weighted by molar-refractivity contribution is -0.0195. The SMILES string of the molecule is CC1(C)[C@H]2C[C@H]3[C@@](C)(O)[C@@H](c4ccccc4)[P@@](=O)(Cc4ccccc4)[C@@]3(C)C[C@@H]21. The molecule has 29 heavy (non-hydrogen) atoms. The van der Waals surface area contributed by atoms with Crippen molar-refractivity contribution in [3.8, 4) is 0 Å². The van der Waals surface area contributed by atoms with E-state index in [9.17, 15) is 5.11 Å². The first-order chi connectivity index (χ1) is 13.6. The number of fused-ring (bicyclic) bond motifs is 2. The molecule has 2 saturated carbocycles. The molecule has 1 aliphatic heterocycles. The van der Waals surface area contributed by atoms with E-state index in [0.29, 0.717) is 23.4 Å². The zero-order valence-corrected chi connectivity index (χ0v) is 18.9. The summed E-state index contributed by atoms with van der Waals surface area (Å²) < 4.78 is 15.2. The maximum absolute atomic E-state index is 15.2. The Hall–Kier alpha value is -1.37. The Morgan fingerprint density at radius 2 is 1.52 bits per heavy atom. The fourth-order valence-electron chi connectivity index (χ4n) is 7.36. The van der Waals surface area contributed by atoms with Crippen LogP contribution in [0.1, 0.15) is 57.3 Å². The van der Waals surface area contributed by atoms with Gasteiger partial charge in [-0.1, -0.05) is 81.4 Å². The molecule has 3 heteroatoms. The molecule has 0 amide bonds. The monoisotopic (exact) mass is 408 g/mol. The van der Waals surface area contributed by atoms with Crippen LogP contribution in [0.3, 0.4) is 0 Å². The van der Waals surface area contributed by atoms with Gasteiger partial charge < -0.3 is 9.67 Å². The maximum Gasteiger partial charge on any atom is 0.108 e.